The molecule has 1 aliphatic rings. The Bertz CT molecular complexity index is 1160. The molecule has 152 valence electrons. The summed E-state index contributed by atoms with van der Waals surface area (Å²) in [4.78, 5) is 25.7. The highest BCUT2D eigenvalue weighted by Crippen LogP contribution is 2.15. The molecule has 1 aromatic carbocycles. The van der Waals surface area contributed by atoms with Crippen molar-refractivity contribution in [3.05, 3.63) is 77.7 Å². The Labute approximate surface area is 178 Å². The van der Waals surface area contributed by atoms with E-state index in [9.17, 15) is 4.79 Å². The summed E-state index contributed by atoms with van der Waals surface area (Å²) >= 11 is 6.05. The average molecular weight is 422 g/mol. The maximum Gasteiger partial charge on any atom is 0.253 e. The molecule has 0 unspecified atom stereocenters. The predicted octanol–water partition coefficient (Wildman–Crippen LogP) is 2.53. The lowest BCUT2D eigenvalue weighted by molar-refractivity contribution is 0.0627. The van der Waals surface area contributed by atoms with Gasteiger partial charge in [0.25, 0.3) is 5.91 Å². The van der Waals surface area contributed by atoms with Crippen LogP contribution in [0.4, 0.5) is 0 Å². The zero-order valence-corrected chi connectivity index (χ0v) is 17.0. The summed E-state index contributed by atoms with van der Waals surface area (Å²) in [5.41, 5.74) is 3.45. The van der Waals surface area contributed by atoms with E-state index in [-0.39, 0.29) is 5.91 Å². The summed E-state index contributed by atoms with van der Waals surface area (Å²) in [5, 5.41) is 4.79. The second kappa shape index (κ2) is 7.89. The number of nitrogens with zero attached hydrogens (tertiary/aromatic N) is 7. The Morgan fingerprint density at radius 3 is 2.53 bits per heavy atom. The van der Waals surface area contributed by atoms with E-state index in [0.29, 0.717) is 23.7 Å². The molecule has 30 heavy (non-hydrogen) atoms. The largest absolute Gasteiger partial charge is 0.336 e. The SMILES string of the molecule is O=C(c1ccc(-n2cncn2)cc1)N1CCN(Cc2cn3cc(Cl)ccc3n2)CC1. The van der Waals surface area contributed by atoms with Gasteiger partial charge in [-0.2, -0.15) is 5.10 Å². The molecule has 0 radical (unpaired) electrons. The first-order valence-electron chi connectivity index (χ1n) is 9.75. The van der Waals surface area contributed by atoms with Crippen LogP contribution in [0.2, 0.25) is 5.02 Å². The lowest BCUT2D eigenvalue weighted by Gasteiger charge is -2.34. The second-order valence-corrected chi connectivity index (χ2v) is 7.74. The smallest absolute Gasteiger partial charge is 0.253 e. The summed E-state index contributed by atoms with van der Waals surface area (Å²) in [6.07, 6.45) is 6.99. The van der Waals surface area contributed by atoms with Gasteiger partial charge in [-0.15, -0.1) is 0 Å². The van der Waals surface area contributed by atoms with E-state index in [4.69, 9.17) is 11.6 Å². The highest BCUT2D eigenvalue weighted by molar-refractivity contribution is 6.30. The lowest BCUT2D eigenvalue weighted by Crippen LogP contribution is -2.48. The Morgan fingerprint density at radius 1 is 1.00 bits per heavy atom. The van der Waals surface area contributed by atoms with Crippen molar-refractivity contribution < 1.29 is 4.79 Å². The van der Waals surface area contributed by atoms with E-state index in [0.717, 1.165) is 36.7 Å². The van der Waals surface area contributed by atoms with E-state index in [1.54, 1.807) is 11.0 Å². The van der Waals surface area contributed by atoms with Gasteiger partial charge >= 0.3 is 0 Å². The first-order valence-corrected chi connectivity index (χ1v) is 10.1. The van der Waals surface area contributed by atoms with Crippen molar-refractivity contribution in [1.29, 1.82) is 0 Å². The number of rotatable bonds is 4. The number of pyridine rings is 1. The molecule has 1 aliphatic heterocycles. The number of hydrogen-bond acceptors (Lipinski definition) is 5. The van der Waals surface area contributed by atoms with Gasteiger partial charge in [0.05, 0.1) is 16.4 Å². The van der Waals surface area contributed by atoms with Gasteiger partial charge < -0.3 is 9.30 Å². The van der Waals surface area contributed by atoms with Crippen LogP contribution in [0.3, 0.4) is 0 Å². The maximum atomic E-state index is 12.9. The van der Waals surface area contributed by atoms with Crippen molar-refractivity contribution in [2.75, 3.05) is 26.2 Å². The van der Waals surface area contributed by atoms with Crippen molar-refractivity contribution in [1.82, 2.24) is 33.9 Å². The fourth-order valence-corrected chi connectivity index (χ4v) is 3.88. The lowest BCUT2D eigenvalue weighted by atomic mass is 10.1. The summed E-state index contributed by atoms with van der Waals surface area (Å²) in [6, 6.07) is 11.2. The zero-order chi connectivity index (χ0) is 20.5. The number of imidazole rings is 1. The number of halogens is 1. The molecule has 0 aliphatic carbocycles. The van der Waals surface area contributed by atoms with Gasteiger partial charge in [-0.3, -0.25) is 9.69 Å². The van der Waals surface area contributed by atoms with Crippen molar-refractivity contribution in [2.24, 2.45) is 0 Å². The molecule has 4 aromatic rings. The fraction of sp³-hybridized carbons (Fsp3) is 0.238. The third-order valence-electron chi connectivity index (χ3n) is 5.31. The Kier molecular flexibility index (Phi) is 4.94. The minimum absolute atomic E-state index is 0.0576. The van der Waals surface area contributed by atoms with Crippen LogP contribution in [0.1, 0.15) is 16.1 Å². The number of benzene rings is 1. The highest BCUT2D eigenvalue weighted by Gasteiger charge is 2.22. The minimum Gasteiger partial charge on any atom is -0.336 e. The number of aromatic nitrogens is 5. The molecule has 1 fully saturated rings. The topological polar surface area (TPSA) is 71.6 Å². The normalized spacial score (nSPS) is 15.0. The number of hydrogen-bond donors (Lipinski definition) is 0. The molecule has 0 atom stereocenters. The molecule has 1 amide bonds. The number of carbonyl (C=O) groups is 1. The van der Waals surface area contributed by atoms with Crippen LogP contribution in [0.25, 0.3) is 11.3 Å². The summed E-state index contributed by atoms with van der Waals surface area (Å²) in [5.74, 6) is 0.0576. The van der Waals surface area contributed by atoms with Crippen molar-refractivity contribution >= 4 is 23.2 Å². The monoisotopic (exact) mass is 421 g/mol. The van der Waals surface area contributed by atoms with Crippen molar-refractivity contribution in [2.45, 2.75) is 6.54 Å². The van der Waals surface area contributed by atoms with Gasteiger partial charge in [0.2, 0.25) is 0 Å². The van der Waals surface area contributed by atoms with Gasteiger partial charge in [0.1, 0.15) is 18.3 Å². The van der Waals surface area contributed by atoms with E-state index in [2.05, 4.69) is 20.0 Å². The van der Waals surface area contributed by atoms with Gasteiger partial charge in [-0.05, 0) is 36.4 Å². The van der Waals surface area contributed by atoms with Crippen LogP contribution in [0, 0.1) is 0 Å². The highest BCUT2D eigenvalue weighted by atomic mass is 35.5. The quantitative estimate of drug-likeness (QED) is 0.506. The van der Waals surface area contributed by atoms with E-state index < -0.39 is 0 Å². The van der Waals surface area contributed by atoms with Crippen LogP contribution in [0.15, 0.2) is 61.4 Å². The van der Waals surface area contributed by atoms with Crippen LogP contribution >= 0.6 is 11.6 Å². The minimum atomic E-state index is 0.0576. The molecule has 0 N–H and O–H groups in total. The van der Waals surface area contributed by atoms with E-state index >= 15 is 0 Å². The van der Waals surface area contributed by atoms with Gasteiger partial charge in [-0.1, -0.05) is 11.6 Å². The molecular weight excluding hydrogens is 402 g/mol. The van der Waals surface area contributed by atoms with Gasteiger partial charge in [0.15, 0.2) is 0 Å². The molecule has 0 saturated carbocycles. The third kappa shape index (κ3) is 3.79. The Hall–Kier alpha value is -3.23. The molecule has 0 spiro atoms. The van der Waals surface area contributed by atoms with Crippen molar-refractivity contribution in [3.8, 4) is 5.69 Å². The number of piperazine rings is 1. The Balaban J connectivity index is 1.19. The van der Waals surface area contributed by atoms with Gasteiger partial charge in [0, 0.05) is 50.7 Å². The fourth-order valence-electron chi connectivity index (χ4n) is 3.71. The first kappa shape index (κ1) is 18.8. The molecule has 0 bridgehead atoms. The predicted molar refractivity (Wildman–Crippen MR) is 113 cm³/mol. The molecule has 5 rings (SSSR count). The van der Waals surface area contributed by atoms with Crippen LogP contribution in [-0.4, -0.2) is 66.0 Å². The summed E-state index contributed by atoms with van der Waals surface area (Å²) in [6.45, 7) is 3.79. The van der Waals surface area contributed by atoms with Gasteiger partial charge in [-0.25, -0.2) is 14.6 Å². The standard InChI is InChI=1S/C21H20ClN7O/c22-17-3-6-20-25-18(13-28(20)11-17)12-26-7-9-27(10-8-26)21(30)16-1-4-19(5-2-16)29-15-23-14-24-29/h1-6,11,13-15H,7-10,12H2. The number of carbonyl (C=O) groups excluding carboxylic acids is 1. The summed E-state index contributed by atoms with van der Waals surface area (Å²) < 4.78 is 3.61. The molecule has 9 heteroatoms. The first-order chi connectivity index (χ1) is 14.7. The Morgan fingerprint density at radius 2 is 1.80 bits per heavy atom. The number of fused-ring (bicyclic) bond motifs is 1. The van der Waals surface area contributed by atoms with Crippen LogP contribution in [-0.2, 0) is 6.54 Å². The molecular formula is C21H20ClN7O. The second-order valence-electron chi connectivity index (χ2n) is 7.30. The molecule has 4 heterocycles. The zero-order valence-electron chi connectivity index (χ0n) is 16.2. The molecule has 8 nitrogen and oxygen atoms in total. The van der Waals surface area contributed by atoms with Crippen LogP contribution in [0.5, 0.6) is 0 Å². The van der Waals surface area contributed by atoms with E-state index in [1.165, 1.54) is 6.33 Å². The maximum absolute atomic E-state index is 12.9. The third-order valence-corrected chi connectivity index (χ3v) is 5.53. The number of amides is 1. The molecule has 3 aromatic heterocycles. The van der Waals surface area contributed by atoms with Crippen LogP contribution < -0.4 is 0 Å². The van der Waals surface area contributed by atoms with Crippen molar-refractivity contribution in [3.63, 3.8) is 0 Å². The summed E-state index contributed by atoms with van der Waals surface area (Å²) in [7, 11) is 0. The molecule has 1 saturated heterocycles. The van der Waals surface area contributed by atoms with E-state index in [1.807, 2.05) is 58.1 Å². The average Bonchev–Trinajstić information content (AvgIpc) is 3.43.